The third-order valence-corrected chi connectivity index (χ3v) is 9.16. The number of aromatic amines is 1. The van der Waals surface area contributed by atoms with E-state index in [1.807, 2.05) is 91.2 Å². The molecule has 1 aromatic carbocycles. The molecule has 3 amide bonds. The maximum Gasteiger partial charge on any atom is 0.272 e. The summed E-state index contributed by atoms with van der Waals surface area (Å²) >= 11 is 6.06. The van der Waals surface area contributed by atoms with Crippen molar-refractivity contribution in [1.82, 2.24) is 35.1 Å². The van der Waals surface area contributed by atoms with E-state index in [1.54, 1.807) is 24.4 Å². The molecule has 6 heterocycles. The summed E-state index contributed by atoms with van der Waals surface area (Å²) in [6, 6.07) is 23.1. The topological polar surface area (TPSA) is 124 Å². The molecule has 0 radical (unpaired) electrons. The number of H-pyrrole nitrogens is 1. The summed E-state index contributed by atoms with van der Waals surface area (Å²) < 4.78 is 0. The lowest BCUT2D eigenvalue weighted by Gasteiger charge is -2.39. The van der Waals surface area contributed by atoms with Crippen LogP contribution in [0.2, 0.25) is 5.15 Å². The smallest absolute Gasteiger partial charge is 0.272 e. The van der Waals surface area contributed by atoms with Gasteiger partial charge in [0.15, 0.2) is 0 Å². The third kappa shape index (κ3) is 5.96. The second kappa shape index (κ2) is 11.9. The van der Waals surface area contributed by atoms with Crippen LogP contribution < -0.4 is 5.32 Å². The zero-order valence-corrected chi connectivity index (χ0v) is 27.0. The van der Waals surface area contributed by atoms with Crippen LogP contribution >= 0.6 is 11.6 Å². The van der Waals surface area contributed by atoms with Gasteiger partial charge in [0, 0.05) is 35.8 Å². The highest BCUT2D eigenvalue weighted by Crippen LogP contribution is 2.34. The minimum atomic E-state index is -0.735. The van der Waals surface area contributed by atoms with Crippen LogP contribution in [-0.4, -0.2) is 78.7 Å². The van der Waals surface area contributed by atoms with Crippen LogP contribution in [0.4, 0.5) is 0 Å². The van der Waals surface area contributed by atoms with E-state index < -0.39 is 11.5 Å². The van der Waals surface area contributed by atoms with Crippen molar-refractivity contribution < 1.29 is 14.4 Å². The van der Waals surface area contributed by atoms with Gasteiger partial charge < -0.3 is 20.1 Å². The first-order valence-electron chi connectivity index (χ1n) is 15.6. The molecule has 0 saturated carbocycles. The number of likely N-dealkylation sites (tertiary alicyclic amines) is 2. The lowest BCUT2D eigenvalue weighted by atomic mass is 9.85. The monoisotopic (exact) mass is 647 g/mol. The number of para-hydroxylation sites is 1. The van der Waals surface area contributed by atoms with Gasteiger partial charge in [-0.25, -0.2) is 9.97 Å². The van der Waals surface area contributed by atoms with Crippen molar-refractivity contribution in [3.8, 4) is 22.6 Å². The molecule has 47 heavy (non-hydrogen) atoms. The zero-order chi connectivity index (χ0) is 32.9. The minimum absolute atomic E-state index is 0.119. The summed E-state index contributed by atoms with van der Waals surface area (Å²) in [5.41, 5.74) is 3.91. The standard InChI is InChI=1S/C36H34ClN7O3/c1-36(2,3)32(42-33(45)30-16-21-8-4-5-9-25(21)40-30)35(47)44-20-23-17-24(44)19-43(23)34(46)29-15-14-22(18-38-29)26-10-6-11-27(39-26)28-12-7-13-31(37)41-28/h4-16,18,23-24,32,40H,17,19-20H2,1-3H3,(H,42,45)/t23?,24-,32+/m0/s1. The normalized spacial score (nSPS) is 18.0. The molecule has 4 aromatic heterocycles. The lowest BCUT2D eigenvalue weighted by Crippen LogP contribution is -2.59. The molecule has 2 fully saturated rings. The van der Waals surface area contributed by atoms with Gasteiger partial charge in [0.2, 0.25) is 5.91 Å². The first-order valence-corrected chi connectivity index (χ1v) is 16.0. The van der Waals surface area contributed by atoms with Crippen molar-refractivity contribution in [1.29, 1.82) is 0 Å². The number of halogens is 1. The summed E-state index contributed by atoms with van der Waals surface area (Å²) in [6.45, 7) is 6.67. The van der Waals surface area contributed by atoms with Gasteiger partial charge in [-0.3, -0.25) is 19.4 Å². The van der Waals surface area contributed by atoms with Crippen molar-refractivity contribution in [2.45, 2.75) is 45.3 Å². The number of hydrogen-bond donors (Lipinski definition) is 2. The predicted octanol–water partition coefficient (Wildman–Crippen LogP) is 5.61. The van der Waals surface area contributed by atoms with Crippen LogP contribution in [0, 0.1) is 5.41 Å². The molecular weight excluding hydrogens is 614 g/mol. The Balaban J connectivity index is 1.02. The molecular formula is C36H34ClN7O3. The van der Waals surface area contributed by atoms with E-state index in [-0.39, 0.29) is 29.8 Å². The largest absolute Gasteiger partial charge is 0.351 e. The number of carbonyl (C=O) groups is 3. The summed E-state index contributed by atoms with van der Waals surface area (Å²) in [5.74, 6) is -0.625. The molecule has 0 aliphatic carbocycles. The number of nitrogens with zero attached hydrogens (tertiary/aromatic N) is 5. The van der Waals surface area contributed by atoms with Gasteiger partial charge in [-0.15, -0.1) is 0 Å². The Hall–Kier alpha value is -5.09. The van der Waals surface area contributed by atoms with Crippen molar-refractivity contribution in [2.75, 3.05) is 13.1 Å². The molecule has 238 valence electrons. The van der Waals surface area contributed by atoms with E-state index in [1.165, 1.54) is 0 Å². The van der Waals surface area contributed by atoms with E-state index in [9.17, 15) is 14.4 Å². The number of benzene rings is 1. The molecule has 2 saturated heterocycles. The molecule has 2 aliphatic rings. The van der Waals surface area contributed by atoms with Gasteiger partial charge in [-0.2, -0.15) is 0 Å². The number of piperazine rings is 1. The number of hydrogen-bond acceptors (Lipinski definition) is 6. The number of aromatic nitrogens is 4. The zero-order valence-electron chi connectivity index (χ0n) is 26.3. The lowest BCUT2D eigenvalue weighted by molar-refractivity contribution is -0.138. The van der Waals surface area contributed by atoms with Crippen molar-refractivity contribution in [3.63, 3.8) is 0 Å². The Labute approximate surface area is 277 Å². The number of rotatable bonds is 6. The minimum Gasteiger partial charge on any atom is -0.351 e. The Morgan fingerprint density at radius 1 is 0.872 bits per heavy atom. The van der Waals surface area contributed by atoms with Gasteiger partial charge in [0.1, 0.15) is 22.6 Å². The molecule has 0 spiro atoms. The quantitative estimate of drug-likeness (QED) is 0.231. The first kappa shape index (κ1) is 30.6. The Bertz CT molecular complexity index is 1970. The fraction of sp³-hybridized carbons (Fsp3) is 0.278. The van der Waals surface area contributed by atoms with Crippen LogP contribution in [-0.2, 0) is 4.79 Å². The predicted molar refractivity (Wildman–Crippen MR) is 180 cm³/mol. The molecule has 10 nitrogen and oxygen atoms in total. The maximum absolute atomic E-state index is 13.9. The van der Waals surface area contributed by atoms with E-state index in [0.29, 0.717) is 53.1 Å². The second-order valence-electron chi connectivity index (χ2n) is 13.2. The van der Waals surface area contributed by atoms with Gasteiger partial charge in [-0.1, -0.05) is 62.7 Å². The molecule has 5 aromatic rings. The summed E-state index contributed by atoms with van der Waals surface area (Å²) in [5, 5.41) is 4.32. The van der Waals surface area contributed by atoms with Gasteiger partial charge in [-0.05, 0) is 60.4 Å². The highest BCUT2D eigenvalue weighted by molar-refractivity contribution is 6.29. The molecule has 1 unspecified atom stereocenters. The van der Waals surface area contributed by atoms with E-state index in [4.69, 9.17) is 16.6 Å². The molecule has 2 N–H and O–H groups in total. The Morgan fingerprint density at radius 3 is 2.26 bits per heavy atom. The fourth-order valence-electron chi connectivity index (χ4n) is 6.51. The fourth-order valence-corrected chi connectivity index (χ4v) is 6.68. The van der Waals surface area contributed by atoms with E-state index in [0.717, 1.165) is 16.5 Å². The summed E-state index contributed by atoms with van der Waals surface area (Å²) in [6.07, 6.45) is 2.34. The Kier molecular flexibility index (Phi) is 7.76. The SMILES string of the molecule is CC(C)(C)[C@H](NC(=O)c1cc2ccccc2[nH]1)C(=O)N1CC2C[C@H]1CN2C(=O)c1ccc(-c2cccc(-c3cccc(Cl)n3)n2)cn1. The van der Waals surface area contributed by atoms with Crippen LogP contribution in [0.3, 0.4) is 0 Å². The number of pyridine rings is 3. The first-order chi connectivity index (χ1) is 22.5. The molecule has 3 atom stereocenters. The van der Waals surface area contributed by atoms with Crippen LogP contribution in [0.5, 0.6) is 0 Å². The van der Waals surface area contributed by atoms with Crippen LogP contribution in [0.15, 0.2) is 85.1 Å². The van der Waals surface area contributed by atoms with Crippen molar-refractivity contribution in [2.24, 2.45) is 5.41 Å². The van der Waals surface area contributed by atoms with Gasteiger partial charge in [0.05, 0.1) is 29.2 Å². The van der Waals surface area contributed by atoms with Gasteiger partial charge in [0.25, 0.3) is 11.8 Å². The summed E-state index contributed by atoms with van der Waals surface area (Å²) in [4.78, 5) is 61.1. The summed E-state index contributed by atoms with van der Waals surface area (Å²) in [7, 11) is 0. The van der Waals surface area contributed by atoms with Crippen molar-refractivity contribution >= 4 is 40.2 Å². The molecule has 2 aliphatic heterocycles. The number of fused-ring (bicyclic) bond motifs is 3. The highest BCUT2D eigenvalue weighted by Gasteiger charge is 2.50. The van der Waals surface area contributed by atoms with Crippen molar-refractivity contribution in [3.05, 3.63) is 102 Å². The Morgan fingerprint density at radius 2 is 1.57 bits per heavy atom. The van der Waals surface area contributed by atoms with Crippen LogP contribution in [0.25, 0.3) is 33.5 Å². The molecule has 11 heteroatoms. The second-order valence-corrected chi connectivity index (χ2v) is 13.6. The molecule has 7 rings (SSSR count). The number of nitrogens with one attached hydrogen (secondary N) is 2. The average Bonchev–Trinajstić information content (AvgIpc) is 3.81. The van der Waals surface area contributed by atoms with Gasteiger partial charge >= 0.3 is 0 Å². The van der Waals surface area contributed by atoms with Crippen LogP contribution in [0.1, 0.15) is 48.2 Å². The van der Waals surface area contributed by atoms with E-state index in [2.05, 4.69) is 20.3 Å². The van der Waals surface area contributed by atoms with E-state index >= 15 is 0 Å². The number of amides is 3. The molecule has 2 bridgehead atoms. The highest BCUT2D eigenvalue weighted by atomic mass is 35.5. The maximum atomic E-state index is 13.9. The average molecular weight is 648 g/mol. The number of carbonyl (C=O) groups excluding carboxylic acids is 3. The third-order valence-electron chi connectivity index (χ3n) is 8.95.